The number of hydrogen-bond acceptors (Lipinski definition) is 4. The number of morpholine rings is 1. The molecule has 0 unspecified atom stereocenters. The standard InChI is InChI=1S/C20H31N3O3/c1-3-17-5-4-6-18(15-17)22-20(25)8-7-19(24)21-16(2)9-10-23-11-13-26-14-12-23/h4-6,15-16H,3,7-14H2,1-2H3,(H,21,24)(H,22,25)/t16-/m0/s1. The number of nitrogens with one attached hydrogen (secondary N) is 2. The summed E-state index contributed by atoms with van der Waals surface area (Å²) in [5, 5.41) is 5.84. The van der Waals surface area contributed by atoms with Gasteiger partial charge in [-0.2, -0.15) is 0 Å². The lowest BCUT2D eigenvalue weighted by Crippen LogP contribution is -2.40. The number of aryl methyl sites for hydroxylation is 1. The van der Waals surface area contributed by atoms with E-state index in [2.05, 4.69) is 22.5 Å². The van der Waals surface area contributed by atoms with E-state index in [0.717, 1.165) is 51.4 Å². The van der Waals surface area contributed by atoms with Gasteiger partial charge in [-0.3, -0.25) is 14.5 Å². The molecule has 1 fully saturated rings. The van der Waals surface area contributed by atoms with E-state index in [1.165, 1.54) is 5.56 Å². The molecule has 1 saturated heterocycles. The molecule has 0 aliphatic carbocycles. The highest BCUT2D eigenvalue weighted by Gasteiger charge is 2.14. The first-order valence-electron chi connectivity index (χ1n) is 9.55. The van der Waals surface area contributed by atoms with Gasteiger partial charge in [-0.05, 0) is 37.5 Å². The van der Waals surface area contributed by atoms with Crippen molar-refractivity contribution in [3.05, 3.63) is 29.8 Å². The van der Waals surface area contributed by atoms with Crippen molar-refractivity contribution in [2.75, 3.05) is 38.2 Å². The van der Waals surface area contributed by atoms with E-state index in [1.54, 1.807) is 0 Å². The van der Waals surface area contributed by atoms with Crippen LogP contribution in [-0.2, 0) is 20.7 Å². The zero-order chi connectivity index (χ0) is 18.8. The van der Waals surface area contributed by atoms with Crippen molar-refractivity contribution < 1.29 is 14.3 Å². The highest BCUT2D eigenvalue weighted by molar-refractivity contribution is 5.93. The summed E-state index contributed by atoms with van der Waals surface area (Å²) in [7, 11) is 0. The number of rotatable bonds is 9. The molecule has 1 heterocycles. The summed E-state index contributed by atoms with van der Waals surface area (Å²) in [6.07, 6.45) is 2.23. The maximum absolute atomic E-state index is 12.0. The fourth-order valence-electron chi connectivity index (χ4n) is 2.94. The SMILES string of the molecule is CCc1cccc(NC(=O)CCC(=O)N[C@@H](C)CCN2CCOCC2)c1. The molecule has 0 spiro atoms. The zero-order valence-electron chi connectivity index (χ0n) is 15.9. The zero-order valence-corrected chi connectivity index (χ0v) is 15.9. The van der Waals surface area contributed by atoms with Crippen molar-refractivity contribution in [1.82, 2.24) is 10.2 Å². The van der Waals surface area contributed by atoms with Gasteiger partial charge in [0.05, 0.1) is 13.2 Å². The summed E-state index contributed by atoms with van der Waals surface area (Å²) < 4.78 is 5.33. The van der Waals surface area contributed by atoms with Crippen LogP contribution in [0.4, 0.5) is 5.69 Å². The molecule has 1 aromatic rings. The summed E-state index contributed by atoms with van der Waals surface area (Å²) in [4.78, 5) is 26.4. The third-order valence-corrected chi connectivity index (χ3v) is 4.59. The molecule has 0 aromatic heterocycles. The van der Waals surface area contributed by atoms with E-state index in [9.17, 15) is 9.59 Å². The van der Waals surface area contributed by atoms with Gasteiger partial charge in [0.25, 0.3) is 0 Å². The lowest BCUT2D eigenvalue weighted by Gasteiger charge is -2.27. The van der Waals surface area contributed by atoms with Gasteiger partial charge in [-0.1, -0.05) is 19.1 Å². The number of hydrogen-bond donors (Lipinski definition) is 2. The molecule has 2 N–H and O–H groups in total. The Morgan fingerprint density at radius 2 is 1.92 bits per heavy atom. The Kier molecular flexibility index (Phi) is 8.58. The van der Waals surface area contributed by atoms with Crippen LogP contribution in [0.15, 0.2) is 24.3 Å². The Morgan fingerprint density at radius 3 is 2.65 bits per heavy atom. The molecule has 1 aliphatic rings. The summed E-state index contributed by atoms with van der Waals surface area (Å²) in [6, 6.07) is 7.89. The van der Waals surface area contributed by atoms with Crippen molar-refractivity contribution in [2.45, 2.75) is 45.6 Å². The van der Waals surface area contributed by atoms with Gasteiger partial charge in [0.2, 0.25) is 11.8 Å². The van der Waals surface area contributed by atoms with Crippen molar-refractivity contribution in [2.24, 2.45) is 0 Å². The second-order valence-corrected chi connectivity index (χ2v) is 6.81. The minimum Gasteiger partial charge on any atom is -0.379 e. The Morgan fingerprint density at radius 1 is 1.19 bits per heavy atom. The van der Waals surface area contributed by atoms with Crippen molar-refractivity contribution in [3.8, 4) is 0 Å². The van der Waals surface area contributed by atoms with Crippen LogP contribution in [0.1, 0.15) is 38.7 Å². The molecular formula is C20H31N3O3. The number of nitrogens with zero attached hydrogens (tertiary/aromatic N) is 1. The largest absolute Gasteiger partial charge is 0.379 e. The molecule has 6 heteroatoms. The minimum absolute atomic E-state index is 0.0723. The molecule has 0 radical (unpaired) electrons. The summed E-state index contributed by atoms with van der Waals surface area (Å²) in [5.74, 6) is -0.202. The number of amides is 2. The number of carbonyl (C=O) groups excluding carboxylic acids is 2. The molecular weight excluding hydrogens is 330 g/mol. The molecule has 1 aromatic carbocycles. The van der Waals surface area contributed by atoms with Gasteiger partial charge in [0.15, 0.2) is 0 Å². The van der Waals surface area contributed by atoms with Gasteiger partial charge in [0, 0.05) is 44.2 Å². The Hall–Kier alpha value is -1.92. The van der Waals surface area contributed by atoms with Crippen molar-refractivity contribution in [3.63, 3.8) is 0 Å². The third-order valence-electron chi connectivity index (χ3n) is 4.59. The van der Waals surface area contributed by atoms with Gasteiger partial charge >= 0.3 is 0 Å². The van der Waals surface area contributed by atoms with Gasteiger partial charge in [-0.25, -0.2) is 0 Å². The molecule has 26 heavy (non-hydrogen) atoms. The first-order valence-corrected chi connectivity index (χ1v) is 9.55. The normalized spacial score (nSPS) is 16.1. The Balaban J connectivity index is 1.63. The smallest absolute Gasteiger partial charge is 0.224 e. The number of ether oxygens (including phenoxy) is 1. The van der Waals surface area contributed by atoms with E-state index < -0.39 is 0 Å². The predicted octanol–water partition coefficient (Wildman–Crippen LogP) is 2.19. The molecule has 0 saturated carbocycles. The highest BCUT2D eigenvalue weighted by Crippen LogP contribution is 2.11. The maximum Gasteiger partial charge on any atom is 0.224 e. The minimum atomic E-state index is -0.130. The van der Waals surface area contributed by atoms with Crippen molar-refractivity contribution >= 4 is 17.5 Å². The molecule has 2 amide bonds. The molecule has 1 atom stereocenters. The van der Waals surface area contributed by atoms with Crippen LogP contribution < -0.4 is 10.6 Å². The maximum atomic E-state index is 12.0. The molecule has 144 valence electrons. The molecule has 0 bridgehead atoms. The summed E-state index contributed by atoms with van der Waals surface area (Å²) >= 11 is 0. The number of benzene rings is 1. The third kappa shape index (κ3) is 7.54. The average molecular weight is 361 g/mol. The lowest BCUT2D eigenvalue weighted by atomic mass is 10.1. The highest BCUT2D eigenvalue weighted by atomic mass is 16.5. The molecule has 1 aliphatic heterocycles. The van der Waals surface area contributed by atoms with Crippen LogP contribution in [0, 0.1) is 0 Å². The number of carbonyl (C=O) groups is 2. The van der Waals surface area contributed by atoms with Crippen LogP contribution in [-0.4, -0.2) is 55.6 Å². The van der Waals surface area contributed by atoms with Gasteiger partial charge < -0.3 is 15.4 Å². The van der Waals surface area contributed by atoms with E-state index >= 15 is 0 Å². The van der Waals surface area contributed by atoms with Gasteiger partial charge in [0.1, 0.15) is 0 Å². The predicted molar refractivity (Wildman–Crippen MR) is 103 cm³/mol. The van der Waals surface area contributed by atoms with E-state index in [4.69, 9.17) is 4.74 Å². The lowest BCUT2D eigenvalue weighted by molar-refractivity contribution is -0.124. The van der Waals surface area contributed by atoms with E-state index in [1.807, 2.05) is 31.2 Å². The second kappa shape index (κ2) is 10.9. The van der Waals surface area contributed by atoms with Crippen LogP contribution >= 0.6 is 0 Å². The Bertz CT molecular complexity index is 585. The van der Waals surface area contributed by atoms with Crippen LogP contribution in [0.3, 0.4) is 0 Å². The van der Waals surface area contributed by atoms with Crippen LogP contribution in [0.25, 0.3) is 0 Å². The number of anilines is 1. The molecule has 6 nitrogen and oxygen atoms in total. The second-order valence-electron chi connectivity index (χ2n) is 6.81. The monoisotopic (exact) mass is 361 g/mol. The van der Waals surface area contributed by atoms with Crippen LogP contribution in [0.5, 0.6) is 0 Å². The van der Waals surface area contributed by atoms with Crippen molar-refractivity contribution in [1.29, 1.82) is 0 Å². The first-order chi connectivity index (χ1) is 12.6. The average Bonchev–Trinajstić information content (AvgIpc) is 2.66. The Labute approximate surface area is 156 Å². The topological polar surface area (TPSA) is 70.7 Å². The fourth-order valence-corrected chi connectivity index (χ4v) is 2.94. The van der Waals surface area contributed by atoms with E-state index in [0.29, 0.717) is 0 Å². The first kappa shape index (κ1) is 20.4. The van der Waals surface area contributed by atoms with Crippen LogP contribution in [0.2, 0.25) is 0 Å². The van der Waals surface area contributed by atoms with Gasteiger partial charge in [-0.15, -0.1) is 0 Å². The summed E-state index contributed by atoms with van der Waals surface area (Å²) in [5.41, 5.74) is 1.96. The van der Waals surface area contributed by atoms with E-state index in [-0.39, 0.29) is 30.7 Å². The fraction of sp³-hybridized carbons (Fsp3) is 0.600. The quantitative estimate of drug-likeness (QED) is 0.707. The summed E-state index contributed by atoms with van der Waals surface area (Å²) in [6.45, 7) is 8.54. The molecule has 2 rings (SSSR count).